The lowest BCUT2D eigenvalue weighted by atomic mass is 10.2. The summed E-state index contributed by atoms with van der Waals surface area (Å²) in [4.78, 5) is 11.3. The number of hydrogen-bond donors (Lipinski definition) is 1. The summed E-state index contributed by atoms with van der Waals surface area (Å²) in [6, 6.07) is -0.216. The van der Waals surface area contributed by atoms with Gasteiger partial charge in [-0.3, -0.25) is 4.79 Å². The molecule has 4 heteroatoms. The number of rotatable bonds is 6. The molecule has 1 heterocycles. The van der Waals surface area contributed by atoms with Gasteiger partial charge in [-0.2, -0.15) is 0 Å². The van der Waals surface area contributed by atoms with E-state index in [9.17, 15) is 4.79 Å². The quantitative estimate of drug-likeness (QED) is 0.674. The molecular formula is C11H21NO3. The number of esters is 1. The van der Waals surface area contributed by atoms with Crippen molar-refractivity contribution >= 4 is 5.97 Å². The average molecular weight is 215 g/mol. The van der Waals surface area contributed by atoms with Gasteiger partial charge in [0.2, 0.25) is 0 Å². The zero-order chi connectivity index (χ0) is 11.1. The lowest BCUT2D eigenvalue weighted by Gasteiger charge is -2.14. The molecule has 0 radical (unpaired) electrons. The summed E-state index contributed by atoms with van der Waals surface area (Å²) in [6.07, 6.45) is 3.67. The Labute approximate surface area is 91.3 Å². The normalized spacial score (nSPS) is 22.7. The second kappa shape index (κ2) is 6.80. The molecule has 2 unspecified atom stereocenters. The average Bonchev–Trinajstić information content (AvgIpc) is 2.71. The molecular weight excluding hydrogens is 194 g/mol. The largest absolute Gasteiger partial charge is 0.465 e. The van der Waals surface area contributed by atoms with Gasteiger partial charge in [0, 0.05) is 6.61 Å². The Morgan fingerprint density at radius 1 is 1.67 bits per heavy atom. The van der Waals surface area contributed by atoms with Crippen molar-refractivity contribution in [2.24, 2.45) is 0 Å². The monoisotopic (exact) mass is 215 g/mol. The van der Waals surface area contributed by atoms with Crippen LogP contribution >= 0.6 is 0 Å². The van der Waals surface area contributed by atoms with Crippen LogP contribution in [-0.2, 0) is 14.3 Å². The smallest absolute Gasteiger partial charge is 0.322 e. The summed E-state index contributed by atoms with van der Waals surface area (Å²) in [5, 5.41) is 3.14. The van der Waals surface area contributed by atoms with E-state index in [0.717, 1.165) is 32.4 Å². The highest BCUT2D eigenvalue weighted by Gasteiger charge is 2.17. The molecule has 88 valence electrons. The fourth-order valence-corrected chi connectivity index (χ4v) is 1.68. The Kier molecular flexibility index (Phi) is 5.65. The summed E-state index contributed by atoms with van der Waals surface area (Å²) in [5.74, 6) is -0.176. The first-order chi connectivity index (χ1) is 7.24. The van der Waals surface area contributed by atoms with E-state index in [1.165, 1.54) is 0 Å². The topological polar surface area (TPSA) is 47.6 Å². The molecule has 0 aliphatic carbocycles. The summed E-state index contributed by atoms with van der Waals surface area (Å²) in [6.45, 7) is 5.78. The van der Waals surface area contributed by atoms with Gasteiger partial charge in [0.25, 0.3) is 0 Å². The van der Waals surface area contributed by atoms with Crippen LogP contribution in [0.1, 0.15) is 33.1 Å². The molecule has 0 spiro atoms. The van der Waals surface area contributed by atoms with Crippen LogP contribution in [0.25, 0.3) is 0 Å². The molecule has 1 saturated heterocycles. The first-order valence-electron chi connectivity index (χ1n) is 5.75. The highest BCUT2D eigenvalue weighted by Crippen LogP contribution is 2.14. The predicted octanol–water partition coefficient (Wildman–Crippen LogP) is 1.10. The molecule has 4 nitrogen and oxygen atoms in total. The van der Waals surface area contributed by atoms with Gasteiger partial charge < -0.3 is 14.8 Å². The van der Waals surface area contributed by atoms with Crippen molar-refractivity contribution in [2.75, 3.05) is 19.8 Å². The van der Waals surface area contributed by atoms with Crippen molar-refractivity contribution in [2.45, 2.75) is 45.3 Å². The second-order valence-corrected chi connectivity index (χ2v) is 3.85. The summed E-state index contributed by atoms with van der Waals surface area (Å²) in [7, 11) is 0. The molecule has 1 aliphatic rings. The molecule has 1 N–H and O–H groups in total. The van der Waals surface area contributed by atoms with Crippen LogP contribution in [0.15, 0.2) is 0 Å². The Balaban J connectivity index is 2.05. The molecule has 1 rings (SSSR count). The van der Waals surface area contributed by atoms with E-state index < -0.39 is 0 Å². The Bertz CT molecular complexity index is 190. The number of ether oxygens (including phenoxy) is 2. The third kappa shape index (κ3) is 4.62. The molecule has 15 heavy (non-hydrogen) atoms. The maximum atomic E-state index is 11.3. The van der Waals surface area contributed by atoms with Crippen molar-refractivity contribution in [3.05, 3.63) is 0 Å². The number of carbonyl (C=O) groups excluding carboxylic acids is 1. The van der Waals surface area contributed by atoms with Gasteiger partial charge in [0.1, 0.15) is 6.04 Å². The minimum atomic E-state index is -0.216. The third-order valence-electron chi connectivity index (χ3n) is 2.58. The molecule has 0 bridgehead atoms. The zero-order valence-electron chi connectivity index (χ0n) is 9.62. The highest BCUT2D eigenvalue weighted by molar-refractivity contribution is 5.75. The fraction of sp³-hybridized carbons (Fsp3) is 0.909. The standard InChI is InChI=1S/C11H21NO3/c1-3-14-11(13)9(2)12-7-6-10-5-4-8-15-10/h9-10,12H,3-8H2,1-2H3. The van der Waals surface area contributed by atoms with Crippen molar-refractivity contribution in [3.8, 4) is 0 Å². The molecule has 0 saturated carbocycles. The molecule has 1 fully saturated rings. The van der Waals surface area contributed by atoms with E-state index in [1.807, 2.05) is 13.8 Å². The van der Waals surface area contributed by atoms with Crippen molar-refractivity contribution in [1.29, 1.82) is 0 Å². The van der Waals surface area contributed by atoms with Crippen LogP contribution in [0, 0.1) is 0 Å². The molecule has 0 aromatic rings. The lowest BCUT2D eigenvalue weighted by Crippen LogP contribution is -2.36. The van der Waals surface area contributed by atoms with Gasteiger partial charge in [-0.1, -0.05) is 0 Å². The minimum Gasteiger partial charge on any atom is -0.465 e. The van der Waals surface area contributed by atoms with Gasteiger partial charge in [-0.05, 0) is 39.7 Å². The highest BCUT2D eigenvalue weighted by atomic mass is 16.5. The van der Waals surface area contributed by atoms with Gasteiger partial charge in [-0.15, -0.1) is 0 Å². The van der Waals surface area contributed by atoms with Crippen LogP contribution in [-0.4, -0.2) is 37.9 Å². The summed E-state index contributed by atoms with van der Waals surface area (Å²) < 4.78 is 10.4. The maximum absolute atomic E-state index is 11.3. The second-order valence-electron chi connectivity index (χ2n) is 3.85. The maximum Gasteiger partial charge on any atom is 0.322 e. The zero-order valence-corrected chi connectivity index (χ0v) is 9.62. The van der Waals surface area contributed by atoms with Crippen molar-refractivity contribution < 1.29 is 14.3 Å². The predicted molar refractivity (Wildman–Crippen MR) is 57.7 cm³/mol. The van der Waals surface area contributed by atoms with Crippen LogP contribution in [0.4, 0.5) is 0 Å². The number of hydrogen-bond acceptors (Lipinski definition) is 4. The van der Waals surface area contributed by atoms with E-state index in [0.29, 0.717) is 12.7 Å². The van der Waals surface area contributed by atoms with Crippen molar-refractivity contribution in [3.63, 3.8) is 0 Å². The fourth-order valence-electron chi connectivity index (χ4n) is 1.68. The number of nitrogens with one attached hydrogen (secondary N) is 1. The molecule has 0 amide bonds. The summed E-state index contributed by atoms with van der Waals surface area (Å²) >= 11 is 0. The van der Waals surface area contributed by atoms with E-state index in [1.54, 1.807) is 0 Å². The van der Waals surface area contributed by atoms with Gasteiger partial charge in [-0.25, -0.2) is 0 Å². The van der Waals surface area contributed by atoms with Crippen LogP contribution in [0.2, 0.25) is 0 Å². The molecule has 0 aromatic carbocycles. The Morgan fingerprint density at radius 2 is 2.47 bits per heavy atom. The van der Waals surface area contributed by atoms with E-state index in [2.05, 4.69) is 5.32 Å². The van der Waals surface area contributed by atoms with Gasteiger partial charge >= 0.3 is 5.97 Å². The third-order valence-corrected chi connectivity index (χ3v) is 2.58. The minimum absolute atomic E-state index is 0.176. The Morgan fingerprint density at radius 3 is 3.07 bits per heavy atom. The molecule has 0 aromatic heterocycles. The van der Waals surface area contributed by atoms with Crippen LogP contribution < -0.4 is 5.32 Å². The van der Waals surface area contributed by atoms with Crippen LogP contribution in [0.3, 0.4) is 0 Å². The van der Waals surface area contributed by atoms with Crippen molar-refractivity contribution in [1.82, 2.24) is 5.32 Å². The molecule has 1 aliphatic heterocycles. The van der Waals surface area contributed by atoms with Gasteiger partial charge in [0.15, 0.2) is 0 Å². The Hall–Kier alpha value is -0.610. The summed E-state index contributed by atoms with van der Waals surface area (Å²) in [5.41, 5.74) is 0. The van der Waals surface area contributed by atoms with E-state index in [-0.39, 0.29) is 12.0 Å². The molecule has 2 atom stereocenters. The SMILES string of the molecule is CCOC(=O)C(C)NCCC1CCCO1. The van der Waals surface area contributed by atoms with E-state index in [4.69, 9.17) is 9.47 Å². The van der Waals surface area contributed by atoms with Gasteiger partial charge in [0.05, 0.1) is 12.7 Å². The first-order valence-corrected chi connectivity index (χ1v) is 5.75. The van der Waals surface area contributed by atoms with E-state index >= 15 is 0 Å². The first kappa shape index (κ1) is 12.5. The number of carbonyl (C=O) groups is 1. The lowest BCUT2D eigenvalue weighted by molar-refractivity contribution is -0.145. The van der Waals surface area contributed by atoms with Crippen LogP contribution in [0.5, 0.6) is 0 Å².